The van der Waals surface area contributed by atoms with Crippen LogP contribution in [-0.2, 0) is 4.79 Å². The first-order chi connectivity index (χ1) is 13.4. The highest BCUT2D eigenvalue weighted by Crippen LogP contribution is 2.23. The molecule has 0 unspecified atom stereocenters. The minimum atomic E-state index is -0.897. The first kappa shape index (κ1) is 19.7. The number of ketones is 1. The SMILES string of the molecule is CC(=O)c1ccccc1NC(=O)C1CCN(C(=O)c2ccc(F)cc2F)CC1. The van der Waals surface area contributed by atoms with E-state index in [9.17, 15) is 23.2 Å². The number of para-hydroxylation sites is 1. The lowest BCUT2D eigenvalue weighted by molar-refractivity contribution is -0.121. The second-order valence-corrected chi connectivity index (χ2v) is 6.78. The van der Waals surface area contributed by atoms with Crippen molar-refractivity contribution in [1.29, 1.82) is 0 Å². The van der Waals surface area contributed by atoms with Crippen molar-refractivity contribution in [3.63, 3.8) is 0 Å². The van der Waals surface area contributed by atoms with E-state index in [4.69, 9.17) is 0 Å². The average Bonchev–Trinajstić information content (AvgIpc) is 2.68. The number of amides is 2. The number of hydrogen-bond donors (Lipinski definition) is 1. The van der Waals surface area contributed by atoms with E-state index in [0.717, 1.165) is 12.1 Å². The summed E-state index contributed by atoms with van der Waals surface area (Å²) in [6, 6.07) is 9.64. The number of rotatable bonds is 4. The van der Waals surface area contributed by atoms with Gasteiger partial charge in [0, 0.05) is 30.6 Å². The predicted molar refractivity (Wildman–Crippen MR) is 100 cm³/mol. The molecule has 5 nitrogen and oxygen atoms in total. The number of carbonyl (C=O) groups excluding carboxylic acids is 3. The Morgan fingerprint density at radius 3 is 2.32 bits per heavy atom. The molecule has 1 heterocycles. The number of hydrogen-bond acceptors (Lipinski definition) is 3. The number of benzene rings is 2. The fourth-order valence-corrected chi connectivity index (χ4v) is 3.31. The van der Waals surface area contributed by atoms with Gasteiger partial charge in [0.2, 0.25) is 5.91 Å². The number of likely N-dealkylation sites (tertiary alicyclic amines) is 1. The molecule has 0 spiro atoms. The number of piperidine rings is 1. The van der Waals surface area contributed by atoms with Crippen molar-refractivity contribution < 1.29 is 23.2 Å². The molecule has 0 bridgehead atoms. The van der Waals surface area contributed by atoms with E-state index in [-0.39, 0.29) is 23.2 Å². The molecule has 1 aliphatic heterocycles. The first-order valence-corrected chi connectivity index (χ1v) is 9.02. The van der Waals surface area contributed by atoms with E-state index in [1.807, 2.05) is 0 Å². The third kappa shape index (κ3) is 4.24. The maximum absolute atomic E-state index is 13.8. The van der Waals surface area contributed by atoms with Crippen LogP contribution >= 0.6 is 0 Å². The number of nitrogens with one attached hydrogen (secondary N) is 1. The van der Waals surface area contributed by atoms with Gasteiger partial charge in [-0.25, -0.2) is 8.78 Å². The number of Topliss-reactive ketones (excluding diaryl/α,β-unsaturated/α-hetero) is 1. The van der Waals surface area contributed by atoms with Gasteiger partial charge in [0.1, 0.15) is 11.6 Å². The van der Waals surface area contributed by atoms with Crippen LogP contribution in [0.4, 0.5) is 14.5 Å². The van der Waals surface area contributed by atoms with Gasteiger partial charge in [0.25, 0.3) is 5.91 Å². The van der Waals surface area contributed by atoms with Crippen LogP contribution in [0.3, 0.4) is 0 Å². The fraction of sp³-hybridized carbons (Fsp3) is 0.286. The third-order valence-corrected chi connectivity index (χ3v) is 4.88. The lowest BCUT2D eigenvalue weighted by Gasteiger charge is -2.31. The number of nitrogens with zero attached hydrogens (tertiary/aromatic N) is 1. The van der Waals surface area contributed by atoms with Gasteiger partial charge in [-0.3, -0.25) is 14.4 Å². The normalized spacial score (nSPS) is 14.6. The zero-order valence-corrected chi connectivity index (χ0v) is 15.4. The van der Waals surface area contributed by atoms with Gasteiger partial charge in [-0.1, -0.05) is 12.1 Å². The zero-order chi connectivity index (χ0) is 20.3. The van der Waals surface area contributed by atoms with Crippen LogP contribution in [0.1, 0.15) is 40.5 Å². The molecule has 146 valence electrons. The van der Waals surface area contributed by atoms with Gasteiger partial charge < -0.3 is 10.2 Å². The zero-order valence-electron chi connectivity index (χ0n) is 15.4. The molecule has 28 heavy (non-hydrogen) atoms. The smallest absolute Gasteiger partial charge is 0.256 e. The summed E-state index contributed by atoms with van der Waals surface area (Å²) in [7, 11) is 0. The van der Waals surface area contributed by atoms with E-state index in [1.165, 1.54) is 11.8 Å². The van der Waals surface area contributed by atoms with Crippen LogP contribution in [0.25, 0.3) is 0 Å². The molecule has 0 aliphatic carbocycles. The summed E-state index contributed by atoms with van der Waals surface area (Å²) >= 11 is 0. The Balaban J connectivity index is 1.61. The fourth-order valence-electron chi connectivity index (χ4n) is 3.31. The highest BCUT2D eigenvalue weighted by molar-refractivity contribution is 6.04. The standard InChI is InChI=1S/C21H20F2N2O3/c1-13(26)16-4-2-3-5-19(16)24-20(27)14-8-10-25(11-9-14)21(28)17-7-6-15(22)12-18(17)23/h2-7,12,14H,8-11H2,1H3,(H,24,27). The molecule has 2 aromatic rings. The summed E-state index contributed by atoms with van der Waals surface area (Å²) in [5.74, 6) is -2.83. The first-order valence-electron chi connectivity index (χ1n) is 9.02. The Labute approximate surface area is 161 Å². The monoisotopic (exact) mass is 386 g/mol. The van der Waals surface area contributed by atoms with Crippen LogP contribution in [0, 0.1) is 17.6 Å². The Morgan fingerprint density at radius 1 is 1.00 bits per heavy atom. The molecule has 0 atom stereocenters. The molecule has 1 N–H and O–H groups in total. The summed E-state index contributed by atoms with van der Waals surface area (Å²) in [5.41, 5.74) is 0.724. The summed E-state index contributed by atoms with van der Waals surface area (Å²) < 4.78 is 26.8. The van der Waals surface area contributed by atoms with Gasteiger partial charge in [0.15, 0.2) is 5.78 Å². The third-order valence-electron chi connectivity index (χ3n) is 4.88. The highest BCUT2D eigenvalue weighted by atomic mass is 19.1. The van der Waals surface area contributed by atoms with Gasteiger partial charge in [-0.05, 0) is 44.0 Å². The van der Waals surface area contributed by atoms with Crippen molar-refractivity contribution in [1.82, 2.24) is 4.90 Å². The maximum atomic E-state index is 13.8. The van der Waals surface area contributed by atoms with Crippen molar-refractivity contribution >= 4 is 23.3 Å². The molecular formula is C21H20F2N2O3. The Morgan fingerprint density at radius 2 is 1.68 bits per heavy atom. The average molecular weight is 386 g/mol. The van der Waals surface area contributed by atoms with Crippen LogP contribution in [0.5, 0.6) is 0 Å². The van der Waals surface area contributed by atoms with Crippen molar-refractivity contribution in [2.45, 2.75) is 19.8 Å². The number of carbonyl (C=O) groups is 3. The van der Waals surface area contributed by atoms with E-state index >= 15 is 0 Å². The van der Waals surface area contributed by atoms with Gasteiger partial charge in [-0.2, -0.15) is 0 Å². The van der Waals surface area contributed by atoms with E-state index in [0.29, 0.717) is 43.2 Å². The molecule has 1 fully saturated rings. The maximum Gasteiger partial charge on any atom is 0.256 e. The Bertz CT molecular complexity index is 922. The molecular weight excluding hydrogens is 366 g/mol. The van der Waals surface area contributed by atoms with Crippen molar-refractivity contribution in [2.24, 2.45) is 5.92 Å². The summed E-state index contributed by atoms with van der Waals surface area (Å²) in [6.45, 7) is 2.02. The molecule has 0 radical (unpaired) electrons. The van der Waals surface area contributed by atoms with Gasteiger partial charge in [0.05, 0.1) is 11.3 Å². The summed E-state index contributed by atoms with van der Waals surface area (Å²) in [6.07, 6.45) is 0.839. The Hall–Kier alpha value is -3.09. The molecule has 1 aliphatic rings. The topological polar surface area (TPSA) is 66.5 Å². The van der Waals surface area contributed by atoms with Crippen LogP contribution in [-0.4, -0.2) is 35.6 Å². The molecule has 2 amide bonds. The minimum absolute atomic E-state index is 0.141. The van der Waals surface area contributed by atoms with Crippen LogP contribution in [0.2, 0.25) is 0 Å². The van der Waals surface area contributed by atoms with Crippen molar-refractivity contribution in [3.8, 4) is 0 Å². The Kier molecular flexibility index (Phi) is 5.82. The van der Waals surface area contributed by atoms with E-state index < -0.39 is 17.5 Å². The summed E-state index contributed by atoms with van der Waals surface area (Å²) in [5, 5.41) is 2.79. The van der Waals surface area contributed by atoms with Crippen molar-refractivity contribution in [3.05, 3.63) is 65.2 Å². The molecule has 7 heteroatoms. The largest absolute Gasteiger partial charge is 0.339 e. The van der Waals surface area contributed by atoms with Gasteiger partial charge >= 0.3 is 0 Å². The van der Waals surface area contributed by atoms with Crippen LogP contribution < -0.4 is 5.32 Å². The molecule has 1 saturated heterocycles. The van der Waals surface area contributed by atoms with Gasteiger partial charge in [-0.15, -0.1) is 0 Å². The lowest BCUT2D eigenvalue weighted by Crippen LogP contribution is -2.41. The van der Waals surface area contributed by atoms with E-state index in [1.54, 1.807) is 24.3 Å². The number of anilines is 1. The number of halogens is 2. The predicted octanol–water partition coefficient (Wildman–Crippen LogP) is 3.66. The highest BCUT2D eigenvalue weighted by Gasteiger charge is 2.29. The molecule has 0 aromatic heterocycles. The lowest BCUT2D eigenvalue weighted by atomic mass is 9.95. The quantitative estimate of drug-likeness (QED) is 0.816. The van der Waals surface area contributed by atoms with Crippen molar-refractivity contribution in [2.75, 3.05) is 18.4 Å². The summed E-state index contributed by atoms with van der Waals surface area (Å²) in [4.78, 5) is 38.1. The molecule has 3 rings (SSSR count). The molecule has 0 saturated carbocycles. The second-order valence-electron chi connectivity index (χ2n) is 6.78. The van der Waals surface area contributed by atoms with Crippen LogP contribution in [0.15, 0.2) is 42.5 Å². The molecule has 2 aromatic carbocycles. The minimum Gasteiger partial charge on any atom is -0.339 e. The second kappa shape index (κ2) is 8.29. The van der Waals surface area contributed by atoms with E-state index in [2.05, 4.69) is 5.32 Å².